The number of aryl methyl sites for hydroxylation is 1. The van der Waals surface area contributed by atoms with Crippen molar-refractivity contribution < 1.29 is 41.0 Å². The van der Waals surface area contributed by atoms with Gasteiger partial charge in [0, 0.05) is 5.69 Å². The van der Waals surface area contributed by atoms with E-state index in [2.05, 4.69) is 4.74 Å². The Balaban J connectivity index is 3.07. The Morgan fingerprint density at radius 3 is 2.04 bits per heavy atom. The zero-order valence-corrected chi connectivity index (χ0v) is 12.4. The van der Waals surface area contributed by atoms with Crippen molar-refractivity contribution in [1.29, 1.82) is 5.26 Å². The predicted molar refractivity (Wildman–Crippen MR) is 72.1 cm³/mol. The van der Waals surface area contributed by atoms with Gasteiger partial charge >= 0.3 is 18.3 Å². The normalized spacial score (nSPS) is 13.1. The second-order valence-corrected chi connectivity index (χ2v) is 4.69. The molecule has 0 radical (unpaired) electrons. The highest BCUT2D eigenvalue weighted by Gasteiger charge is 2.59. The number of benzene rings is 1. The van der Waals surface area contributed by atoms with Crippen LogP contribution in [0.2, 0.25) is 0 Å². The summed E-state index contributed by atoms with van der Waals surface area (Å²) in [4.78, 5) is 11.8. The highest BCUT2D eigenvalue weighted by Crippen LogP contribution is 2.36. The minimum absolute atomic E-state index is 0.0966. The molecule has 0 saturated carbocycles. The third kappa shape index (κ3) is 5.59. The largest absolute Gasteiger partial charge is 0.480 e. The number of amides is 1. The number of hydrogen-bond donors (Lipinski definition) is 2. The van der Waals surface area contributed by atoms with Gasteiger partial charge in [-0.3, -0.25) is 4.79 Å². The van der Waals surface area contributed by atoms with Gasteiger partial charge in [0.1, 0.15) is 6.07 Å². The van der Waals surface area contributed by atoms with Crippen LogP contribution in [0.25, 0.3) is 0 Å². The van der Waals surface area contributed by atoms with Gasteiger partial charge in [-0.2, -0.15) is 31.6 Å². The first-order valence-electron chi connectivity index (χ1n) is 6.37. The summed E-state index contributed by atoms with van der Waals surface area (Å²) in [6.07, 6.45) is -16.2. The number of anilines is 1. The Morgan fingerprint density at radius 2 is 1.64 bits per heavy atom. The molecule has 11 heteroatoms. The Bertz CT molecular complexity index is 687. The molecule has 1 aromatic carbocycles. The molecular weight excluding hydrogens is 358 g/mol. The Morgan fingerprint density at radius 1 is 1.16 bits per heavy atom. The number of nitriles is 1. The number of hydrogen-bond acceptors (Lipinski definition) is 4. The van der Waals surface area contributed by atoms with Crippen LogP contribution in [0.3, 0.4) is 0 Å². The average Bonchev–Trinajstić information content (AvgIpc) is 2.45. The Kier molecular flexibility index (Phi) is 5.91. The molecule has 136 valence electrons. The molecule has 1 aromatic rings. The third-order valence-corrected chi connectivity index (χ3v) is 2.69. The van der Waals surface area contributed by atoms with Gasteiger partial charge < -0.3 is 15.2 Å². The number of rotatable bonds is 4. The summed E-state index contributed by atoms with van der Waals surface area (Å²) in [5.41, 5.74) is -0.545. The monoisotopic (exact) mass is 368 g/mol. The zero-order valence-electron chi connectivity index (χ0n) is 12.4. The number of ether oxygens (including phenoxy) is 1. The van der Waals surface area contributed by atoms with Gasteiger partial charge in [0.05, 0.1) is 0 Å². The van der Waals surface area contributed by atoms with Gasteiger partial charge in [0.25, 0.3) is 12.0 Å². The first-order chi connectivity index (χ1) is 11.4. The van der Waals surface area contributed by atoms with Gasteiger partial charge in [-0.05, 0) is 19.1 Å². The Labute approximate surface area is 137 Å². The molecule has 1 rings (SSSR count). The molecule has 0 unspecified atom stereocenters. The van der Waals surface area contributed by atoms with Gasteiger partial charge in [0.15, 0.2) is 5.57 Å². The highest BCUT2D eigenvalue weighted by molar-refractivity contribution is 6.06. The molecule has 5 nitrogen and oxygen atoms in total. The first-order valence-corrected chi connectivity index (χ1v) is 6.37. The minimum atomic E-state index is -5.92. The molecule has 0 saturated heterocycles. The van der Waals surface area contributed by atoms with E-state index in [-0.39, 0.29) is 5.69 Å². The van der Waals surface area contributed by atoms with Crippen LogP contribution in [0.5, 0.6) is 0 Å². The second-order valence-electron chi connectivity index (χ2n) is 4.69. The molecule has 0 aliphatic heterocycles. The number of halogens is 6. The van der Waals surface area contributed by atoms with Crippen LogP contribution >= 0.6 is 0 Å². The van der Waals surface area contributed by atoms with Crippen LogP contribution in [0.4, 0.5) is 32.0 Å². The van der Waals surface area contributed by atoms with Crippen LogP contribution in [-0.4, -0.2) is 29.5 Å². The van der Waals surface area contributed by atoms with E-state index in [1.165, 1.54) is 12.1 Å². The lowest BCUT2D eigenvalue weighted by atomic mass is 10.2. The number of aliphatic hydroxyl groups is 1. The summed E-state index contributed by atoms with van der Waals surface area (Å²) < 4.78 is 77.6. The van der Waals surface area contributed by atoms with E-state index in [9.17, 15) is 36.2 Å². The van der Waals surface area contributed by atoms with Crippen molar-refractivity contribution in [1.82, 2.24) is 0 Å². The molecule has 25 heavy (non-hydrogen) atoms. The van der Waals surface area contributed by atoms with Crippen molar-refractivity contribution in [2.24, 2.45) is 0 Å². The third-order valence-electron chi connectivity index (χ3n) is 2.69. The second kappa shape index (κ2) is 7.33. The summed E-state index contributed by atoms with van der Waals surface area (Å²) in [7, 11) is 0. The van der Waals surface area contributed by atoms with Gasteiger partial charge in [0.2, 0.25) is 0 Å². The fraction of sp³-hybridized carbons (Fsp3) is 0.286. The quantitative estimate of drug-likeness (QED) is 0.367. The van der Waals surface area contributed by atoms with Crippen molar-refractivity contribution in [3.05, 3.63) is 41.3 Å². The van der Waals surface area contributed by atoms with Crippen molar-refractivity contribution in [2.45, 2.75) is 25.4 Å². The standard InChI is InChI=1S/C14H10F6N2O3/c1-7-2-4-8(5-3-7)22-10(23)9(6-21)11(24)25-12(13(15,16)17)14(18,19)20/h2-5,12,24H,1H3,(H,22,23)/b11-9-. The molecule has 0 aliphatic carbocycles. The van der Waals surface area contributed by atoms with Crippen LogP contribution in [-0.2, 0) is 9.53 Å². The summed E-state index contributed by atoms with van der Waals surface area (Å²) in [5.74, 6) is -3.53. The molecule has 0 bridgehead atoms. The zero-order chi connectivity index (χ0) is 19.4. The van der Waals surface area contributed by atoms with Crippen LogP contribution in [0, 0.1) is 18.3 Å². The van der Waals surface area contributed by atoms with E-state index in [0.717, 1.165) is 11.6 Å². The molecule has 0 aliphatic rings. The number of alkyl halides is 6. The number of nitrogens with one attached hydrogen (secondary N) is 1. The summed E-state index contributed by atoms with van der Waals surface area (Å²) in [6.45, 7) is 1.72. The summed E-state index contributed by atoms with van der Waals surface area (Å²) >= 11 is 0. The lowest BCUT2D eigenvalue weighted by Crippen LogP contribution is -2.44. The molecule has 0 atom stereocenters. The van der Waals surface area contributed by atoms with Crippen molar-refractivity contribution in [3.63, 3.8) is 0 Å². The maximum Gasteiger partial charge on any atom is 0.434 e. The number of nitrogens with zero attached hydrogens (tertiary/aromatic N) is 1. The van der Waals surface area contributed by atoms with Crippen LogP contribution in [0.1, 0.15) is 5.56 Å². The molecule has 0 fully saturated rings. The summed E-state index contributed by atoms with van der Waals surface area (Å²) in [6, 6.07) is 6.83. The maximum atomic E-state index is 12.4. The fourth-order valence-corrected chi connectivity index (χ4v) is 1.52. The van der Waals surface area contributed by atoms with E-state index in [1.807, 2.05) is 5.32 Å². The van der Waals surface area contributed by atoms with Gasteiger partial charge in [-0.25, -0.2) is 0 Å². The summed E-state index contributed by atoms with van der Waals surface area (Å²) in [5, 5.41) is 20.0. The molecular formula is C14H10F6N2O3. The maximum absolute atomic E-state index is 12.4. The van der Waals surface area contributed by atoms with E-state index < -0.39 is 35.9 Å². The molecule has 1 amide bonds. The van der Waals surface area contributed by atoms with Gasteiger partial charge in [-0.1, -0.05) is 17.7 Å². The topological polar surface area (TPSA) is 82.4 Å². The number of aliphatic hydroxyl groups excluding tert-OH is 1. The highest BCUT2D eigenvalue weighted by atomic mass is 19.4. The molecule has 0 spiro atoms. The van der Waals surface area contributed by atoms with Crippen molar-refractivity contribution >= 4 is 11.6 Å². The fourth-order valence-electron chi connectivity index (χ4n) is 1.52. The minimum Gasteiger partial charge on any atom is -0.480 e. The smallest absolute Gasteiger partial charge is 0.434 e. The van der Waals surface area contributed by atoms with E-state index in [1.54, 1.807) is 19.1 Å². The molecule has 0 aromatic heterocycles. The number of carbonyl (C=O) groups is 1. The van der Waals surface area contributed by atoms with Crippen LogP contribution < -0.4 is 5.32 Å². The first kappa shape index (κ1) is 20.1. The number of carbonyl (C=O) groups excluding carboxylic acids is 1. The lowest BCUT2D eigenvalue weighted by Gasteiger charge is -2.23. The van der Waals surface area contributed by atoms with Crippen molar-refractivity contribution in [2.75, 3.05) is 5.32 Å². The van der Waals surface area contributed by atoms with Gasteiger partial charge in [-0.15, -0.1) is 0 Å². The van der Waals surface area contributed by atoms with Crippen molar-refractivity contribution in [3.8, 4) is 6.07 Å². The molecule has 2 N–H and O–H groups in total. The van der Waals surface area contributed by atoms with Crippen LogP contribution in [0.15, 0.2) is 35.8 Å². The Hall–Kier alpha value is -2.90. The SMILES string of the molecule is Cc1ccc(NC(=O)/C(C#N)=C(/O)OC(C(F)(F)F)C(F)(F)F)cc1. The van der Waals surface area contributed by atoms with E-state index in [4.69, 9.17) is 5.26 Å². The predicted octanol–water partition coefficient (Wildman–Crippen LogP) is 3.74. The lowest BCUT2D eigenvalue weighted by molar-refractivity contribution is -0.319. The average molecular weight is 368 g/mol. The molecule has 0 heterocycles. The van der Waals surface area contributed by atoms with E-state index >= 15 is 0 Å². The van der Waals surface area contributed by atoms with E-state index in [0.29, 0.717) is 0 Å².